The summed E-state index contributed by atoms with van der Waals surface area (Å²) in [6.07, 6.45) is 2.47. The Balaban J connectivity index is 2.33. The highest BCUT2D eigenvalue weighted by molar-refractivity contribution is 6.32. The van der Waals surface area contributed by atoms with Crippen LogP contribution in [0.1, 0.15) is 30.0 Å². The summed E-state index contributed by atoms with van der Waals surface area (Å²) < 4.78 is 0. The molecular weight excluding hydrogens is 182 g/mol. The highest BCUT2D eigenvalue weighted by Crippen LogP contribution is 2.30. The summed E-state index contributed by atoms with van der Waals surface area (Å²) in [5.41, 5.74) is 2.44. The van der Waals surface area contributed by atoms with Gasteiger partial charge in [-0.15, -0.1) is 0 Å². The maximum atomic E-state index is 6.23. The number of hydrogen-bond acceptors (Lipinski definition) is 1. The van der Waals surface area contributed by atoms with Crippen LogP contribution in [0.2, 0.25) is 5.02 Å². The second kappa shape index (κ2) is 3.69. The Morgan fingerprint density at radius 3 is 3.00 bits per heavy atom. The minimum atomic E-state index is 0.479. The highest BCUT2D eigenvalue weighted by Gasteiger charge is 2.18. The Kier molecular flexibility index (Phi) is 2.56. The molecule has 0 aliphatic carbocycles. The summed E-state index contributed by atoms with van der Waals surface area (Å²) >= 11 is 6.23. The molecule has 2 heteroatoms. The number of aryl methyl sites for hydroxylation is 1. The topological polar surface area (TPSA) is 12.0 Å². The second-order valence-corrected chi connectivity index (χ2v) is 4.01. The maximum absolute atomic E-state index is 6.23. The summed E-state index contributed by atoms with van der Waals surface area (Å²) in [6.45, 7) is 3.18. The van der Waals surface area contributed by atoms with Crippen LogP contribution in [0.3, 0.4) is 0 Å². The SMILES string of the molecule is Cc1cccc(C2CCCN2)c1Cl. The van der Waals surface area contributed by atoms with E-state index in [1.165, 1.54) is 24.0 Å². The van der Waals surface area contributed by atoms with Crippen LogP contribution >= 0.6 is 11.6 Å². The molecule has 0 bridgehead atoms. The molecule has 1 N–H and O–H groups in total. The van der Waals surface area contributed by atoms with Crippen molar-refractivity contribution in [1.29, 1.82) is 0 Å². The number of nitrogens with one attached hydrogen (secondary N) is 1. The van der Waals surface area contributed by atoms with Gasteiger partial charge in [-0.3, -0.25) is 0 Å². The predicted octanol–water partition coefficient (Wildman–Crippen LogP) is 3.07. The van der Waals surface area contributed by atoms with Crippen molar-refractivity contribution in [1.82, 2.24) is 5.32 Å². The van der Waals surface area contributed by atoms with Gasteiger partial charge in [0.15, 0.2) is 0 Å². The van der Waals surface area contributed by atoms with Crippen molar-refractivity contribution in [2.75, 3.05) is 6.54 Å². The van der Waals surface area contributed by atoms with Crippen LogP contribution in [0.4, 0.5) is 0 Å². The lowest BCUT2D eigenvalue weighted by Gasteiger charge is -2.13. The summed E-state index contributed by atoms with van der Waals surface area (Å²) in [5.74, 6) is 0. The summed E-state index contributed by atoms with van der Waals surface area (Å²) in [6, 6.07) is 6.74. The van der Waals surface area contributed by atoms with Crippen molar-refractivity contribution in [2.24, 2.45) is 0 Å². The van der Waals surface area contributed by atoms with E-state index in [2.05, 4.69) is 30.4 Å². The molecule has 1 aromatic carbocycles. The Morgan fingerprint density at radius 2 is 2.31 bits per heavy atom. The average Bonchev–Trinajstić information content (AvgIpc) is 2.62. The molecule has 0 amide bonds. The molecule has 1 aliphatic rings. The normalized spacial score (nSPS) is 22.2. The van der Waals surface area contributed by atoms with Crippen LogP contribution in [0.15, 0.2) is 18.2 Å². The van der Waals surface area contributed by atoms with Crippen molar-refractivity contribution in [2.45, 2.75) is 25.8 Å². The summed E-state index contributed by atoms with van der Waals surface area (Å²) in [5, 5.41) is 4.39. The third-order valence-corrected chi connectivity index (χ3v) is 3.17. The Morgan fingerprint density at radius 1 is 1.46 bits per heavy atom. The van der Waals surface area contributed by atoms with Gasteiger partial charge in [0, 0.05) is 11.1 Å². The first-order valence-corrected chi connectivity index (χ1v) is 5.15. The van der Waals surface area contributed by atoms with Gasteiger partial charge in [0.05, 0.1) is 0 Å². The van der Waals surface area contributed by atoms with Crippen molar-refractivity contribution >= 4 is 11.6 Å². The quantitative estimate of drug-likeness (QED) is 0.727. The molecule has 1 fully saturated rings. The Labute approximate surface area is 84.1 Å². The van der Waals surface area contributed by atoms with Gasteiger partial charge in [-0.2, -0.15) is 0 Å². The van der Waals surface area contributed by atoms with Crippen LogP contribution in [-0.2, 0) is 0 Å². The van der Waals surface area contributed by atoms with Crippen LogP contribution in [-0.4, -0.2) is 6.54 Å². The third-order valence-electron chi connectivity index (χ3n) is 2.66. The molecule has 1 atom stereocenters. The van der Waals surface area contributed by atoms with E-state index in [0.29, 0.717) is 6.04 Å². The van der Waals surface area contributed by atoms with Gasteiger partial charge < -0.3 is 5.32 Å². The zero-order chi connectivity index (χ0) is 9.26. The minimum absolute atomic E-state index is 0.479. The smallest absolute Gasteiger partial charge is 0.0482 e. The fourth-order valence-corrected chi connectivity index (χ4v) is 2.15. The lowest BCUT2D eigenvalue weighted by atomic mass is 10.0. The van der Waals surface area contributed by atoms with Crippen LogP contribution in [0.5, 0.6) is 0 Å². The van der Waals surface area contributed by atoms with Crippen LogP contribution in [0.25, 0.3) is 0 Å². The molecule has 2 rings (SSSR count). The van der Waals surface area contributed by atoms with Gasteiger partial charge in [-0.25, -0.2) is 0 Å². The molecule has 1 saturated heterocycles. The lowest BCUT2D eigenvalue weighted by molar-refractivity contribution is 0.647. The van der Waals surface area contributed by atoms with E-state index >= 15 is 0 Å². The molecular formula is C11H14ClN. The van der Waals surface area contributed by atoms with Crippen molar-refractivity contribution in [3.8, 4) is 0 Å². The molecule has 1 unspecified atom stereocenters. The summed E-state index contributed by atoms with van der Waals surface area (Å²) in [4.78, 5) is 0. The van der Waals surface area contributed by atoms with Gasteiger partial charge >= 0.3 is 0 Å². The maximum Gasteiger partial charge on any atom is 0.0482 e. The molecule has 0 aromatic heterocycles. The average molecular weight is 196 g/mol. The lowest BCUT2D eigenvalue weighted by Crippen LogP contribution is -2.13. The van der Waals surface area contributed by atoms with Crippen LogP contribution in [0, 0.1) is 6.92 Å². The number of halogens is 1. The van der Waals surface area contributed by atoms with E-state index in [9.17, 15) is 0 Å². The Hall–Kier alpha value is -0.530. The molecule has 1 aliphatic heterocycles. The van der Waals surface area contributed by atoms with E-state index in [-0.39, 0.29) is 0 Å². The molecule has 1 nitrogen and oxygen atoms in total. The Bertz CT molecular complexity index is 303. The first kappa shape index (κ1) is 9.04. The van der Waals surface area contributed by atoms with Gasteiger partial charge in [0.25, 0.3) is 0 Å². The second-order valence-electron chi connectivity index (χ2n) is 3.63. The molecule has 1 aromatic rings. The standard InChI is InChI=1S/C11H14ClN/c1-8-4-2-5-9(11(8)12)10-6-3-7-13-10/h2,4-5,10,13H,3,6-7H2,1H3. The fraction of sp³-hybridized carbons (Fsp3) is 0.455. The molecule has 0 saturated carbocycles. The van der Waals surface area contributed by atoms with Gasteiger partial charge in [0.2, 0.25) is 0 Å². The molecule has 0 spiro atoms. The van der Waals surface area contributed by atoms with E-state index in [4.69, 9.17) is 11.6 Å². The minimum Gasteiger partial charge on any atom is -0.310 e. The van der Waals surface area contributed by atoms with Gasteiger partial charge in [0.1, 0.15) is 0 Å². The van der Waals surface area contributed by atoms with E-state index in [1.807, 2.05) is 0 Å². The molecule has 1 heterocycles. The fourth-order valence-electron chi connectivity index (χ4n) is 1.89. The van der Waals surface area contributed by atoms with E-state index < -0.39 is 0 Å². The third kappa shape index (κ3) is 1.72. The van der Waals surface area contributed by atoms with Crippen molar-refractivity contribution in [3.05, 3.63) is 34.3 Å². The molecule has 0 radical (unpaired) electrons. The largest absolute Gasteiger partial charge is 0.310 e. The molecule has 70 valence electrons. The monoisotopic (exact) mass is 195 g/mol. The zero-order valence-corrected chi connectivity index (χ0v) is 8.56. The first-order valence-electron chi connectivity index (χ1n) is 4.77. The summed E-state index contributed by atoms with van der Waals surface area (Å²) in [7, 11) is 0. The number of hydrogen-bond donors (Lipinski definition) is 1. The van der Waals surface area contributed by atoms with Gasteiger partial charge in [-0.05, 0) is 37.4 Å². The van der Waals surface area contributed by atoms with E-state index in [1.54, 1.807) is 0 Å². The predicted molar refractivity (Wildman–Crippen MR) is 56.2 cm³/mol. The van der Waals surface area contributed by atoms with Crippen LogP contribution < -0.4 is 5.32 Å². The van der Waals surface area contributed by atoms with Crippen molar-refractivity contribution < 1.29 is 0 Å². The number of benzene rings is 1. The molecule has 13 heavy (non-hydrogen) atoms. The highest BCUT2D eigenvalue weighted by atomic mass is 35.5. The van der Waals surface area contributed by atoms with E-state index in [0.717, 1.165) is 11.6 Å². The van der Waals surface area contributed by atoms with Crippen molar-refractivity contribution in [3.63, 3.8) is 0 Å². The zero-order valence-electron chi connectivity index (χ0n) is 7.81. The van der Waals surface area contributed by atoms with Gasteiger partial charge in [-0.1, -0.05) is 29.8 Å². The first-order chi connectivity index (χ1) is 6.29. The number of rotatable bonds is 1.